The average molecular weight is 335 g/mol. The summed E-state index contributed by atoms with van der Waals surface area (Å²) in [6, 6.07) is 4.62. The van der Waals surface area contributed by atoms with Crippen LogP contribution in [-0.2, 0) is 15.9 Å². The Labute approximate surface area is 145 Å². The fourth-order valence-corrected chi connectivity index (χ4v) is 3.74. The van der Waals surface area contributed by atoms with Crippen LogP contribution in [0, 0.1) is 13.8 Å². The Balaban J connectivity index is 1.98. The predicted octanol–water partition coefficient (Wildman–Crippen LogP) is 4.33. The van der Waals surface area contributed by atoms with Crippen molar-refractivity contribution in [3.05, 3.63) is 34.4 Å². The van der Waals surface area contributed by atoms with Gasteiger partial charge in [0.25, 0.3) is 0 Å². The number of hydrogen-bond donors (Lipinski definition) is 1. The third-order valence-electron chi connectivity index (χ3n) is 4.40. The van der Waals surface area contributed by atoms with Crippen LogP contribution in [0.1, 0.15) is 55.9 Å². The second-order valence-corrected chi connectivity index (χ2v) is 8.44. The SMILES string of the molecule is Cc1cc(C(C)(C)C)cc(C)c1CSC(N)=NC[C@@H]1CCCO1. The summed E-state index contributed by atoms with van der Waals surface area (Å²) in [4.78, 5) is 4.47. The van der Waals surface area contributed by atoms with Gasteiger partial charge in [-0.2, -0.15) is 0 Å². The van der Waals surface area contributed by atoms with Gasteiger partial charge in [-0.25, -0.2) is 0 Å². The molecular weight excluding hydrogens is 304 g/mol. The second kappa shape index (κ2) is 7.71. The van der Waals surface area contributed by atoms with E-state index in [4.69, 9.17) is 10.5 Å². The lowest BCUT2D eigenvalue weighted by atomic mass is 9.84. The molecular formula is C19H30N2OS. The molecule has 0 amide bonds. The number of aryl methyl sites for hydroxylation is 2. The lowest BCUT2D eigenvalue weighted by Gasteiger charge is -2.22. The Morgan fingerprint density at radius 2 is 1.96 bits per heavy atom. The average Bonchev–Trinajstić information content (AvgIpc) is 2.96. The van der Waals surface area contributed by atoms with E-state index in [1.54, 1.807) is 11.8 Å². The molecule has 2 rings (SSSR count). The van der Waals surface area contributed by atoms with Crippen molar-refractivity contribution in [2.45, 2.75) is 64.7 Å². The zero-order valence-corrected chi connectivity index (χ0v) is 15.9. The summed E-state index contributed by atoms with van der Waals surface area (Å²) in [5.74, 6) is 0.878. The molecule has 1 fully saturated rings. The van der Waals surface area contributed by atoms with Gasteiger partial charge < -0.3 is 10.5 Å². The highest BCUT2D eigenvalue weighted by Gasteiger charge is 2.17. The molecule has 0 bridgehead atoms. The topological polar surface area (TPSA) is 47.6 Å². The zero-order valence-electron chi connectivity index (χ0n) is 15.1. The van der Waals surface area contributed by atoms with Crippen molar-refractivity contribution in [2.75, 3.05) is 13.2 Å². The molecule has 0 unspecified atom stereocenters. The molecule has 23 heavy (non-hydrogen) atoms. The van der Waals surface area contributed by atoms with Crippen LogP contribution in [-0.4, -0.2) is 24.4 Å². The summed E-state index contributed by atoms with van der Waals surface area (Å²) >= 11 is 1.63. The van der Waals surface area contributed by atoms with Gasteiger partial charge in [-0.05, 0) is 54.4 Å². The first-order valence-corrected chi connectivity index (χ1v) is 9.41. The number of thioether (sulfide) groups is 1. The van der Waals surface area contributed by atoms with Crippen molar-refractivity contribution >= 4 is 16.9 Å². The van der Waals surface area contributed by atoms with E-state index in [0.29, 0.717) is 11.7 Å². The fourth-order valence-electron chi connectivity index (χ4n) is 2.83. The third-order valence-corrected chi connectivity index (χ3v) is 5.26. The van der Waals surface area contributed by atoms with Crippen molar-refractivity contribution in [3.63, 3.8) is 0 Å². The van der Waals surface area contributed by atoms with Crippen LogP contribution in [0.15, 0.2) is 17.1 Å². The Morgan fingerprint density at radius 3 is 2.48 bits per heavy atom. The van der Waals surface area contributed by atoms with E-state index in [0.717, 1.165) is 25.2 Å². The molecule has 1 aliphatic rings. The predicted molar refractivity (Wildman–Crippen MR) is 101 cm³/mol. The van der Waals surface area contributed by atoms with Crippen molar-refractivity contribution in [1.29, 1.82) is 0 Å². The van der Waals surface area contributed by atoms with Crippen LogP contribution in [0.25, 0.3) is 0 Å². The first-order chi connectivity index (χ1) is 10.8. The lowest BCUT2D eigenvalue weighted by Crippen LogP contribution is -2.15. The number of hydrogen-bond acceptors (Lipinski definition) is 3. The maximum atomic E-state index is 6.06. The van der Waals surface area contributed by atoms with Crippen LogP contribution in [0.2, 0.25) is 0 Å². The van der Waals surface area contributed by atoms with Crippen molar-refractivity contribution in [3.8, 4) is 0 Å². The van der Waals surface area contributed by atoms with E-state index in [1.807, 2.05) is 0 Å². The van der Waals surface area contributed by atoms with E-state index in [2.05, 4.69) is 51.7 Å². The van der Waals surface area contributed by atoms with Gasteiger partial charge >= 0.3 is 0 Å². The molecule has 3 nitrogen and oxygen atoms in total. The summed E-state index contributed by atoms with van der Waals surface area (Å²) in [7, 11) is 0. The van der Waals surface area contributed by atoms with E-state index >= 15 is 0 Å². The van der Waals surface area contributed by atoms with Gasteiger partial charge in [0.2, 0.25) is 0 Å². The smallest absolute Gasteiger partial charge is 0.154 e. The molecule has 1 aromatic rings. The van der Waals surface area contributed by atoms with Crippen molar-refractivity contribution in [1.82, 2.24) is 0 Å². The second-order valence-electron chi connectivity index (χ2n) is 7.44. The van der Waals surface area contributed by atoms with Crippen LogP contribution in [0.4, 0.5) is 0 Å². The maximum absolute atomic E-state index is 6.06. The number of aliphatic imine (C=N–C) groups is 1. The number of benzene rings is 1. The fraction of sp³-hybridized carbons (Fsp3) is 0.632. The van der Waals surface area contributed by atoms with Crippen molar-refractivity contribution < 1.29 is 4.74 Å². The van der Waals surface area contributed by atoms with Gasteiger partial charge in [-0.3, -0.25) is 4.99 Å². The normalized spacial score (nSPS) is 19.3. The minimum absolute atomic E-state index is 0.183. The van der Waals surface area contributed by atoms with Crippen LogP contribution >= 0.6 is 11.8 Å². The lowest BCUT2D eigenvalue weighted by molar-refractivity contribution is 0.118. The highest BCUT2D eigenvalue weighted by atomic mass is 32.2. The highest BCUT2D eigenvalue weighted by molar-refractivity contribution is 8.13. The van der Waals surface area contributed by atoms with Gasteiger partial charge in [0, 0.05) is 12.4 Å². The molecule has 0 saturated carbocycles. The maximum Gasteiger partial charge on any atom is 0.154 e. The minimum Gasteiger partial charge on any atom is -0.379 e. The number of nitrogens with two attached hydrogens (primary N) is 1. The molecule has 0 aliphatic carbocycles. The van der Waals surface area contributed by atoms with E-state index in [1.165, 1.54) is 22.3 Å². The summed E-state index contributed by atoms with van der Waals surface area (Å²) in [6.07, 6.45) is 2.52. The Hall–Kier alpha value is -1.00. The van der Waals surface area contributed by atoms with Crippen LogP contribution in [0.5, 0.6) is 0 Å². The number of amidine groups is 1. The molecule has 128 valence electrons. The molecule has 1 aromatic carbocycles. The Kier molecular flexibility index (Phi) is 6.15. The first-order valence-electron chi connectivity index (χ1n) is 8.42. The third kappa shape index (κ3) is 5.25. The monoisotopic (exact) mass is 334 g/mol. The van der Waals surface area contributed by atoms with Crippen LogP contribution < -0.4 is 5.73 Å². The van der Waals surface area contributed by atoms with Gasteiger partial charge in [-0.1, -0.05) is 44.7 Å². The summed E-state index contributed by atoms with van der Waals surface area (Å²) in [6.45, 7) is 12.7. The number of nitrogens with zero attached hydrogens (tertiary/aromatic N) is 1. The standard InChI is InChI=1S/C19H30N2OS/c1-13-9-15(19(3,4)5)10-14(2)17(13)12-23-18(20)21-11-16-7-6-8-22-16/h9-10,16H,6-8,11-12H2,1-5H3,(H2,20,21)/t16-/m0/s1. The molecule has 0 spiro atoms. The molecule has 1 saturated heterocycles. The molecule has 1 atom stereocenters. The summed E-state index contributed by atoms with van der Waals surface area (Å²) in [5.41, 5.74) is 11.7. The first kappa shape index (κ1) is 18.3. The van der Waals surface area contributed by atoms with Crippen molar-refractivity contribution in [2.24, 2.45) is 10.7 Å². The Morgan fingerprint density at radius 1 is 1.30 bits per heavy atom. The summed E-state index contributed by atoms with van der Waals surface area (Å²) in [5, 5.41) is 0.666. The molecule has 2 N–H and O–H groups in total. The minimum atomic E-state index is 0.183. The van der Waals surface area contributed by atoms with Gasteiger partial charge in [0.15, 0.2) is 5.17 Å². The summed E-state index contributed by atoms with van der Waals surface area (Å²) < 4.78 is 5.58. The molecule has 0 aromatic heterocycles. The van der Waals surface area contributed by atoms with E-state index < -0.39 is 0 Å². The molecule has 1 aliphatic heterocycles. The van der Waals surface area contributed by atoms with E-state index in [-0.39, 0.29) is 11.5 Å². The van der Waals surface area contributed by atoms with Gasteiger partial charge in [0.05, 0.1) is 12.6 Å². The quantitative estimate of drug-likeness (QED) is 0.658. The highest BCUT2D eigenvalue weighted by Crippen LogP contribution is 2.28. The van der Waals surface area contributed by atoms with E-state index in [9.17, 15) is 0 Å². The van der Waals surface area contributed by atoms with Gasteiger partial charge in [-0.15, -0.1) is 0 Å². The zero-order chi connectivity index (χ0) is 17.0. The molecule has 0 radical (unpaired) electrons. The molecule has 4 heteroatoms. The number of ether oxygens (including phenoxy) is 1. The largest absolute Gasteiger partial charge is 0.379 e. The number of rotatable bonds is 4. The van der Waals surface area contributed by atoms with Gasteiger partial charge in [0.1, 0.15) is 0 Å². The molecule has 1 heterocycles. The Bertz CT molecular complexity index is 546. The van der Waals surface area contributed by atoms with Crippen LogP contribution in [0.3, 0.4) is 0 Å².